The molecule has 0 bridgehead atoms. The van der Waals surface area contributed by atoms with Gasteiger partial charge in [0.2, 0.25) is 0 Å². The lowest BCUT2D eigenvalue weighted by Gasteiger charge is -2.18. The second kappa shape index (κ2) is 5.11. The summed E-state index contributed by atoms with van der Waals surface area (Å²) in [6.07, 6.45) is 5.61. The number of hydrogen-bond donors (Lipinski definition) is 1. The van der Waals surface area contributed by atoms with Crippen LogP contribution in [0.4, 0.5) is 0 Å². The fourth-order valence-electron chi connectivity index (χ4n) is 3.20. The summed E-state index contributed by atoms with van der Waals surface area (Å²) in [6.45, 7) is 0. The van der Waals surface area contributed by atoms with Crippen LogP contribution in [0.15, 0.2) is 42.5 Å². The van der Waals surface area contributed by atoms with Crippen LogP contribution in [0.3, 0.4) is 0 Å². The Hall–Kier alpha value is -1.34. The minimum absolute atomic E-state index is 0.168. The molecule has 2 aromatic rings. The molecule has 1 atom stereocenters. The van der Waals surface area contributed by atoms with Crippen LogP contribution in [-0.4, -0.2) is 11.2 Å². The van der Waals surface area contributed by atoms with E-state index in [0.717, 1.165) is 6.42 Å². The third-order valence-corrected chi connectivity index (χ3v) is 4.25. The van der Waals surface area contributed by atoms with Crippen LogP contribution in [0, 0.1) is 5.92 Å². The van der Waals surface area contributed by atoms with Crippen molar-refractivity contribution in [3.05, 3.63) is 48.0 Å². The molecule has 0 radical (unpaired) electrons. The van der Waals surface area contributed by atoms with Gasteiger partial charge in [-0.15, -0.1) is 0 Å². The molecule has 1 aliphatic carbocycles. The molecule has 94 valence electrons. The fraction of sp³-hybridized carbons (Fsp3) is 0.412. The van der Waals surface area contributed by atoms with Gasteiger partial charge in [-0.1, -0.05) is 55.3 Å². The summed E-state index contributed by atoms with van der Waals surface area (Å²) in [5, 5.41) is 12.9. The smallest absolute Gasteiger partial charge is 0.0608 e. The average molecular weight is 240 g/mol. The number of fused-ring (bicyclic) bond motifs is 1. The van der Waals surface area contributed by atoms with E-state index in [4.69, 9.17) is 0 Å². The molecule has 1 aliphatic rings. The first kappa shape index (κ1) is 11.7. The van der Waals surface area contributed by atoms with Crippen molar-refractivity contribution < 1.29 is 5.11 Å². The van der Waals surface area contributed by atoms with Gasteiger partial charge in [0, 0.05) is 0 Å². The molecule has 0 heterocycles. The lowest BCUT2D eigenvalue weighted by Crippen LogP contribution is -2.20. The molecular weight excluding hydrogens is 220 g/mol. The molecular formula is C17H20O. The predicted molar refractivity (Wildman–Crippen MR) is 75.6 cm³/mol. The molecule has 18 heavy (non-hydrogen) atoms. The Balaban J connectivity index is 1.85. The summed E-state index contributed by atoms with van der Waals surface area (Å²) in [6, 6.07) is 14.8. The Kier molecular flexibility index (Phi) is 3.33. The van der Waals surface area contributed by atoms with E-state index >= 15 is 0 Å². The second-order valence-corrected chi connectivity index (χ2v) is 5.45. The monoisotopic (exact) mass is 240 g/mol. The molecule has 0 aliphatic heterocycles. The van der Waals surface area contributed by atoms with Gasteiger partial charge in [0.15, 0.2) is 0 Å². The SMILES string of the molecule is OC(Cc1cccc2ccccc12)C1CCCC1. The minimum atomic E-state index is -0.168. The second-order valence-electron chi connectivity index (χ2n) is 5.45. The van der Waals surface area contributed by atoms with Crippen LogP contribution in [0.25, 0.3) is 10.8 Å². The molecule has 1 nitrogen and oxygen atoms in total. The van der Waals surface area contributed by atoms with Gasteiger partial charge < -0.3 is 5.11 Å². The molecule has 0 amide bonds. The maximum Gasteiger partial charge on any atom is 0.0608 e. The van der Waals surface area contributed by atoms with E-state index in [1.165, 1.54) is 42.0 Å². The van der Waals surface area contributed by atoms with Crippen molar-refractivity contribution in [3.8, 4) is 0 Å². The maximum atomic E-state index is 10.4. The quantitative estimate of drug-likeness (QED) is 0.861. The first-order valence-electron chi connectivity index (χ1n) is 6.99. The molecule has 1 saturated carbocycles. The lowest BCUT2D eigenvalue weighted by atomic mass is 9.92. The van der Waals surface area contributed by atoms with Gasteiger partial charge in [0.1, 0.15) is 0 Å². The summed E-state index contributed by atoms with van der Waals surface area (Å²) in [4.78, 5) is 0. The minimum Gasteiger partial charge on any atom is -0.392 e. The highest BCUT2D eigenvalue weighted by Gasteiger charge is 2.23. The van der Waals surface area contributed by atoms with Gasteiger partial charge in [0.05, 0.1) is 6.10 Å². The zero-order valence-electron chi connectivity index (χ0n) is 10.7. The number of rotatable bonds is 3. The zero-order chi connectivity index (χ0) is 12.4. The summed E-state index contributed by atoms with van der Waals surface area (Å²) >= 11 is 0. The van der Waals surface area contributed by atoms with Crippen molar-refractivity contribution in [3.63, 3.8) is 0 Å². The van der Waals surface area contributed by atoms with Crippen molar-refractivity contribution in [2.75, 3.05) is 0 Å². The van der Waals surface area contributed by atoms with E-state index in [2.05, 4.69) is 42.5 Å². The maximum absolute atomic E-state index is 10.4. The third kappa shape index (κ3) is 2.28. The highest BCUT2D eigenvalue weighted by Crippen LogP contribution is 2.30. The zero-order valence-corrected chi connectivity index (χ0v) is 10.7. The number of benzene rings is 2. The number of aliphatic hydroxyl groups excluding tert-OH is 1. The molecule has 1 heteroatoms. The van der Waals surface area contributed by atoms with E-state index in [-0.39, 0.29) is 6.10 Å². The highest BCUT2D eigenvalue weighted by molar-refractivity contribution is 5.85. The average Bonchev–Trinajstić information content (AvgIpc) is 2.93. The molecule has 1 unspecified atom stereocenters. The van der Waals surface area contributed by atoms with Crippen molar-refractivity contribution in [1.29, 1.82) is 0 Å². The largest absolute Gasteiger partial charge is 0.392 e. The van der Waals surface area contributed by atoms with E-state index < -0.39 is 0 Å². The van der Waals surface area contributed by atoms with Crippen LogP contribution in [0.5, 0.6) is 0 Å². The molecule has 0 spiro atoms. The van der Waals surface area contributed by atoms with E-state index in [1.807, 2.05) is 0 Å². The van der Waals surface area contributed by atoms with E-state index in [1.54, 1.807) is 0 Å². The van der Waals surface area contributed by atoms with Gasteiger partial charge >= 0.3 is 0 Å². The molecule has 0 saturated heterocycles. The van der Waals surface area contributed by atoms with Gasteiger partial charge in [-0.05, 0) is 41.5 Å². The Morgan fingerprint density at radius 3 is 2.56 bits per heavy atom. The summed E-state index contributed by atoms with van der Waals surface area (Å²) in [7, 11) is 0. The molecule has 2 aromatic carbocycles. The number of hydrogen-bond acceptors (Lipinski definition) is 1. The van der Waals surface area contributed by atoms with Crippen LogP contribution in [-0.2, 0) is 6.42 Å². The lowest BCUT2D eigenvalue weighted by molar-refractivity contribution is 0.111. The summed E-state index contributed by atoms with van der Waals surface area (Å²) < 4.78 is 0. The van der Waals surface area contributed by atoms with Gasteiger partial charge in [-0.25, -0.2) is 0 Å². The normalized spacial score (nSPS) is 18.3. The van der Waals surface area contributed by atoms with Crippen molar-refractivity contribution in [1.82, 2.24) is 0 Å². The summed E-state index contributed by atoms with van der Waals surface area (Å²) in [5.74, 6) is 0.518. The van der Waals surface area contributed by atoms with E-state index in [9.17, 15) is 5.11 Å². The summed E-state index contributed by atoms with van der Waals surface area (Å²) in [5.41, 5.74) is 1.28. The first-order valence-corrected chi connectivity index (χ1v) is 6.99. The molecule has 1 N–H and O–H groups in total. The molecule has 0 aromatic heterocycles. The van der Waals surface area contributed by atoms with Crippen molar-refractivity contribution >= 4 is 10.8 Å². The topological polar surface area (TPSA) is 20.2 Å². The van der Waals surface area contributed by atoms with Crippen LogP contribution < -0.4 is 0 Å². The van der Waals surface area contributed by atoms with Crippen molar-refractivity contribution in [2.24, 2.45) is 5.92 Å². The van der Waals surface area contributed by atoms with E-state index in [0.29, 0.717) is 5.92 Å². The first-order chi connectivity index (χ1) is 8.84. The van der Waals surface area contributed by atoms with Crippen LogP contribution in [0.2, 0.25) is 0 Å². The fourth-order valence-corrected chi connectivity index (χ4v) is 3.20. The van der Waals surface area contributed by atoms with Gasteiger partial charge in [-0.2, -0.15) is 0 Å². The number of aliphatic hydroxyl groups is 1. The van der Waals surface area contributed by atoms with Gasteiger partial charge in [0.25, 0.3) is 0 Å². The Morgan fingerprint density at radius 1 is 1.00 bits per heavy atom. The predicted octanol–water partition coefficient (Wildman–Crippen LogP) is 3.93. The third-order valence-electron chi connectivity index (χ3n) is 4.25. The van der Waals surface area contributed by atoms with Gasteiger partial charge in [-0.3, -0.25) is 0 Å². The standard InChI is InChI=1S/C17H20O/c18-17(14-7-1-2-8-14)12-15-10-5-9-13-6-3-4-11-16(13)15/h3-6,9-11,14,17-18H,1-2,7-8,12H2. The van der Waals surface area contributed by atoms with Crippen LogP contribution >= 0.6 is 0 Å². The van der Waals surface area contributed by atoms with Crippen molar-refractivity contribution in [2.45, 2.75) is 38.2 Å². The Labute approximate surface area is 108 Å². The highest BCUT2D eigenvalue weighted by atomic mass is 16.3. The molecule has 1 fully saturated rings. The Bertz CT molecular complexity index is 521. The Morgan fingerprint density at radius 2 is 1.72 bits per heavy atom. The molecule has 3 rings (SSSR count). The van der Waals surface area contributed by atoms with Crippen LogP contribution in [0.1, 0.15) is 31.2 Å².